The van der Waals surface area contributed by atoms with Crippen molar-refractivity contribution in [3.8, 4) is 5.75 Å². The fraction of sp³-hybridized carbons (Fsp3) is 0.333. The van der Waals surface area contributed by atoms with Crippen molar-refractivity contribution in [1.82, 2.24) is 0 Å². The van der Waals surface area contributed by atoms with Gasteiger partial charge in [0, 0.05) is 5.69 Å². The molecule has 0 aliphatic rings. The summed E-state index contributed by atoms with van der Waals surface area (Å²) >= 11 is 2.85. The normalized spacial score (nSPS) is 11.7. The van der Waals surface area contributed by atoms with E-state index in [0.29, 0.717) is 0 Å². The Balaban J connectivity index is 2.72. The summed E-state index contributed by atoms with van der Waals surface area (Å²) in [6.07, 6.45) is -7.33. The minimum atomic E-state index is -4.79. The van der Waals surface area contributed by atoms with E-state index in [-0.39, 0.29) is 10.2 Å². The van der Waals surface area contributed by atoms with Crippen LogP contribution in [0.25, 0.3) is 0 Å². The van der Waals surface area contributed by atoms with Gasteiger partial charge in [0.15, 0.2) is 0 Å². The molecule has 0 amide bonds. The molecule has 1 aromatic rings. The third-order valence-corrected chi connectivity index (χ3v) is 2.24. The SMILES string of the molecule is FC(F)CNc1ccc(OC(F)(F)F)c(Br)c1. The lowest BCUT2D eigenvalue weighted by Gasteiger charge is -2.12. The fourth-order valence-corrected chi connectivity index (χ4v) is 1.47. The monoisotopic (exact) mass is 319 g/mol. The van der Waals surface area contributed by atoms with Crippen LogP contribution in [0.2, 0.25) is 0 Å². The summed E-state index contributed by atoms with van der Waals surface area (Å²) in [6.45, 7) is -0.577. The summed E-state index contributed by atoms with van der Waals surface area (Å²) in [5.74, 6) is -0.430. The molecular weight excluding hydrogens is 313 g/mol. The third-order valence-electron chi connectivity index (χ3n) is 1.62. The molecule has 0 spiro atoms. The first kappa shape index (κ1) is 14.0. The third kappa shape index (κ3) is 5.20. The highest BCUT2D eigenvalue weighted by atomic mass is 79.9. The van der Waals surface area contributed by atoms with E-state index in [4.69, 9.17) is 0 Å². The predicted octanol–water partition coefficient (Wildman–Crippen LogP) is 4.02. The minimum Gasteiger partial charge on any atom is -0.405 e. The number of hydrogen-bond donors (Lipinski definition) is 1. The van der Waals surface area contributed by atoms with Gasteiger partial charge in [-0.2, -0.15) is 0 Å². The van der Waals surface area contributed by atoms with E-state index < -0.39 is 25.1 Å². The summed E-state index contributed by atoms with van der Waals surface area (Å²) in [6, 6.07) is 3.48. The molecule has 0 bridgehead atoms. The van der Waals surface area contributed by atoms with E-state index in [1.807, 2.05) is 0 Å². The molecule has 0 saturated heterocycles. The van der Waals surface area contributed by atoms with Crippen LogP contribution in [0, 0.1) is 0 Å². The highest BCUT2D eigenvalue weighted by Crippen LogP contribution is 2.32. The van der Waals surface area contributed by atoms with Gasteiger partial charge in [0.1, 0.15) is 5.75 Å². The van der Waals surface area contributed by atoms with Crippen LogP contribution in [0.5, 0.6) is 5.75 Å². The van der Waals surface area contributed by atoms with Crippen molar-refractivity contribution in [2.75, 3.05) is 11.9 Å². The van der Waals surface area contributed by atoms with E-state index >= 15 is 0 Å². The van der Waals surface area contributed by atoms with Crippen molar-refractivity contribution in [3.05, 3.63) is 22.7 Å². The maximum atomic E-state index is 11.9. The summed E-state index contributed by atoms with van der Waals surface area (Å²) in [7, 11) is 0. The van der Waals surface area contributed by atoms with Crippen LogP contribution >= 0.6 is 15.9 Å². The molecule has 2 nitrogen and oxygen atoms in total. The van der Waals surface area contributed by atoms with Gasteiger partial charge in [-0.05, 0) is 34.1 Å². The lowest BCUT2D eigenvalue weighted by molar-refractivity contribution is -0.274. The Morgan fingerprint density at radius 3 is 2.41 bits per heavy atom. The standard InChI is InChI=1S/C9H7BrF5NO/c10-6-3-5(16-4-8(11)12)1-2-7(6)17-9(13,14)15/h1-3,8,16H,4H2. The van der Waals surface area contributed by atoms with E-state index in [1.54, 1.807) is 0 Å². The molecule has 96 valence electrons. The maximum Gasteiger partial charge on any atom is 0.573 e. The highest BCUT2D eigenvalue weighted by molar-refractivity contribution is 9.10. The number of rotatable bonds is 4. The molecule has 1 rings (SSSR count). The molecule has 8 heteroatoms. The molecule has 0 saturated carbocycles. The first-order chi connectivity index (χ1) is 7.78. The molecule has 0 aliphatic heterocycles. The van der Waals surface area contributed by atoms with Crippen molar-refractivity contribution in [3.63, 3.8) is 0 Å². The van der Waals surface area contributed by atoms with Crippen LogP contribution in [-0.2, 0) is 0 Å². The molecular formula is C9H7BrF5NO. The number of anilines is 1. The highest BCUT2D eigenvalue weighted by Gasteiger charge is 2.31. The first-order valence-electron chi connectivity index (χ1n) is 4.35. The minimum absolute atomic E-state index is 0.0223. The number of alkyl halides is 5. The maximum absolute atomic E-state index is 11.9. The Hall–Kier alpha value is -1.05. The van der Waals surface area contributed by atoms with Gasteiger partial charge in [0.2, 0.25) is 0 Å². The van der Waals surface area contributed by atoms with Gasteiger partial charge in [-0.1, -0.05) is 0 Å². The molecule has 1 aromatic carbocycles. The van der Waals surface area contributed by atoms with Gasteiger partial charge in [-0.25, -0.2) is 8.78 Å². The van der Waals surface area contributed by atoms with Crippen LogP contribution in [-0.4, -0.2) is 19.3 Å². The number of nitrogens with one attached hydrogen (secondary N) is 1. The molecule has 17 heavy (non-hydrogen) atoms. The second kappa shape index (κ2) is 5.52. The van der Waals surface area contributed by atoms with Gasteiger partial charge in [-0.3, -0.25) is 0 Å². The zero-order chi connectivity index (χ0) is 13.1. The second-order valence-electron chi connectivity index (χ2n) is 2.96. The van der Waals surface area contributed by atoms with Crippen molar-refractivity contribution in [2.45, 2.75) is 12.8 Å². The Morgan fingerprint density at radius 1 is 1.29 bits per heavy atom. The molecule has 0 unspecified atom stereocenters. The summed E-state index contributed by atoms with van der Waals surface area (Å²) in [5.41, 5.74) is 0.270. The van der Waals surface area contributed by atoms with Gasteiger partial charge in [-0.15, -0.1) is 13.2 Å². The Labute approximate surface area is 102 Å². The molecule has 0 aliphatic carbocycles. The van der Waals surface area contributed by atoms with Gasteiger partial charge in [0.05, 0.1) is 11.0 Å². The van der Waals surface area contributed by atoms with Crippen molar-refractivity contribution < 1.29 is 26.7 Å². The fourth-order valence-electron chi connectivity index (χ4n) is 1.01. The quantitative estimate of drug-likeness (QED) is 0.846. The smallest absolute Gasteiger partial charge is 0.405 e. The Bertz CT molecular complexity index is 382. The lowest BCUT2D eigenvalue weighted by atomic mass is 10.3. The van der Waals surface area contributed by atoms with E-state index in [0.717, 1.165) is 6.07 Å². The van der Waals surface area contributed by atoms with Crippen LogP contribution < -0.4 is 10.1 Å². The molecule has 0 radical (unpaired) electrons. The van der Waals surface area contributed by atoms with E-state index in [9.17, 15) is 22.0 Å². The zero-order valence-electron chi connectivity index (χ0n) is 8.19. The Kier molecular flexibility index (Phi) is 4.55. The topological polar surface area (TPSA) is 21.3 Å². The summed E-state index contributed by atoms with van der Waals surface area (Å²) in [5, 5.41) is 2.36. The summed E-state index contributed by atoms with van der Waals surface area (Å²) in [4.78, 5) is 0. The second-order valence-corrected chi connectivity index (χ2v) is 3.82. The van der Waals surface area contributed by atoms with E-state index in [1.165, 1.54) is 12.1 Å². The van der Waals surface area contributed by atoms with Gasteiger partial charge >= 0.3 is 6.36 Å². The molecule has 0 fully saturated rings. The van der Waals surface area contributed by atoms with Crippen molar-refractivity contribution in [2.24, 2.45) is 0 Å². The van der Waals surface area contributed by atoms with Crippen LogP contribution in [0.15, 0.2) is 22.7 Å². The van der Waals surface area contributed by atoms with Crippen LogP contribution in [0.1, 0.15) is 0 Å². The van der Waals surface area contributed by atoms with Crippen molar-refractivity contribution in [1.29, 1.82) is 0 Å². The molecule has 0 heterocycles. The number of benzene rings is 1. The van der Waals surface area contributed by atoms with E-state index in [2.05, 4.69) is 26.0 Å². The first-order valence-corrected chi connectivity index (χ1v) is 5.14. The average molecular weight is 320 g/mol. The number of hydrogen-bond acceptors (Lipinski definition) is 2. The average Bonchev–Trinajstić information content (AvgIpc) is 2.17. The van der Waals surface area contributed by atoms with Crippen LogP contribution in [0.4, 0.5) is 27.6 Å². The predicted molar refractivity (Wildman–Crippen MR) is 55.3 cm³/mol. The number of ether oxygens (including phenoxy) is 1. The number of halogens is 6. The van der Waals surface area contributed by atoms with Gasteiger partial charge in [0.25, 0.3) is 6.43 Å². The van der Waals surface area contributed by atoms with Crippen LogP contribution in [0.3, 0.4) is 0 Å². The molecule has 1 N–H and O–H groups in total. The Morgan fingerprint density at radius 2 is 1.94 bits per heavy atom. The molecule has 0 aromatic heterocycles. The molecule has 0 atom stereocenters. The van der Waals surface area contributed by atoms with Crippen molar-refractivity contribution >= 4 is 21.6 Å². The largest absolute Gasteiger partial charge is 0.573 e. The zero-order valence-corrected chi connectivity index (χ0v) is 9.78. The lowest BCUT2D eigenvalue weighted by Crippen LogP contribution is -2.17. The summed E-state index contributed by atoms with van der Waals surface area (Å²) < 4.78 is 63.2. The van der Waals surface area contributed by atoms with Gasteiger partial charge < -0.3 is 10.1 Å².